The van der Waals surface area contributed by atoms with E-state index in [4.69, 9.17) is 9.47 Å². The molecular weight excluding hydrogens is 414 g/mol. The van der Waals surface area contributed by atoms with Crippen molar-refractivity contribution in [2.75, 3.05) is 26.7 Å². The van der Waals surface area contributed by atoms with E-state index >= 15 is 0 Å². The summed E-state index contributed by atoms with van der Waals surface area (Å²) in [5, 5.41) is 0. The van der Waals surface area contributed by atoms with E-state index in [2.05, 4.69) is 31.7 Å². The van der Waals surface area contributed by atoms with E-state index in [0.29, 0.717) is 5.92 Å². The molecule has 1 atom stereocenters. The molecule has 178 valence electrons. The lowest BCUT2D eigenvalue weighted by molar-refractivity contribution is 0.109. The molecule has 0 N–H and O–H groups in total. The lowest BCUT2D eigenvalue weighted by Gasteiger charge is -2.34. The Labute approximate surface area is 196 Å². The van der Waals surface area contributed by atoms with E-state index in [1.807, 2.05) is 48.0 Å². The van der Waals surface area contributed by atoms with Crippen LogP contribution in [0.3, 0.4) is 0 Å². The summed E-state index contributed by atoms with van der Waals surface area (Å²) in [6.45, 7) is 9.53. The van der Waals surface area contributed by atoms with Crippen LogP contribution in [0, 0.1) is 12.8 Å². The lowest BCUT2D eigenvalue weighted by atomic mass is 10.0. The van der Waals surface area contributed by atoms with E-state index in [9.17, 15) is 4.79 Å². The molecule has 2 aromatic carbocycles. The molecule has 6 nitrogen and oxygen atoms in total. The van der Waals surface area contributed by atoms with E-state index in [1.54, 1.807) is 11.7 Å². The zero-order valence-electron chi connectivity index (χ0n) is 20.6. The van der Waals surface area contributed by atoms with Gasteiger partial charge < -0.3 is 14.4 Å². The highest BCUT2D eigenvalue weighted by Crippen LogP contribution is 2.29. The van der Waals surface area contributed by atoms with E-state index < -0.39 is 0 Å². The van der Waals surface area contributed by atoms with Crippen LogP contribution >= 0.6 is 0 Å². The van der Waals surface area contributed by atoms with Crippen molar-refractivity contribution in [2.24, 2.45) is 13.0 Å². The van der Waals surface area contributed by atoms with Crippen LogP contribution in [0.2, 0.25) is 0 Å². The van der Waals surface area contributed by atoms with Crippen LogP contribution in [0.4, 0.5) is 0 Å². The van der Waals surface area contributed by atoms with Gasteiger partial charge in [0.05, 0.1) is 18.1 Å². The summed E-state index contributed by atoms with van der Waals surface area (Å²) in [6, 6.07) is 14.4. The summed E-state index contributed by atoms with van der Waals surface area (Å²) in [5.74, 6) is 2.15. The number of imidazole rings is 1. The zero-order chi connectivity index (χ0) is 23.5. The number of ether oxygens (including phenoxy) is 2. The number of benzene rings is 2. The minimum atomic E-state index is 0.0941. The maximum atomic E-state index is 12.9. The molecule has 0 bridgehead atoms. The number of rotatable bonds is 8. The Bertz CT molecular complexity index is 1140. The number of hydrogen-bond donors (Lipinski definition) is 0. The smallest absolute Gasteiger partial charge is 0.329 e. The van der Waals surface area contributed by atoms with Gasteiger partial charge in [-0.2, -0.15) is 0 Å². The van der Waals surface area contributed by atoms with Gasteiger partial charge in [0.25, 0.3) is 0 Å². The first-order chi connectivity index (χ1) is 15.9. The Hall–Kier alpha value is -2.73. The van der Waals surface area contributed by atoms with Crippen LogP contribution in [0.15, 0.2) is 47.3 Å². The Morgan fingerprint density at radius 3 is 2.42 bits per heavy atom. The summed E-state index contributed by atoms with van der Waals surface area (Å²) in [6.07, 6.45) is 3.12. The predicted molar refractivity (Wildman–Crippen MR) is 133 cm³/mol. The highest BCUT2D eigenvalue weighted by atomic mass is 16.5. The Balaban J connectivity index is 1.37. The van der Waals surface area contributed by atoms with Gasteiger partial charge in [-0.15, -0.1) is 0 Å². The van der Waals surface area contributed by atoms with E-state index in [-0.39, 0.29) is 17.8 Å². The van der Waals surface area contributed by atoms with Crippen LogP contribution < -0.4 is 15.2 Å². The van der Waals surface area contributed by atoms with Crippen molar-refractivity contribution < 1.29 is 9.47 Å². The van der Waals surface area contributed by atoms with Gasteiger partial charge in [0.1, 0.15) is 17.6 Å². The van der Waals surface area contributed by atoms with E-state index in [1.165, 1.54) is 0 Å². The minimum absolute atomic E-state index is 0.0941. The number of piperidine rings is 1. The van der Waals surface area contributed by atoms with Gasteiger partial charge in [0.15, 0.2) is 0 Å². The maximum absolute atomic E-state index is 12.9. The SMILES string of the molecule is COc1ccc(C)c(OC(CCN2CCC(n3c(=O)n(C)c4ccccc43)CC2)C(C)C)c1. The molecule has 0 amide bonds. The molecule has 1 aliphatic rings. The van der Waals surface area contributed by atoms with Gasteiger partial charge in [0.2, 0.25) is 0 Å². The van der Waals surface area contributed by atoms with Gasteiger partial charge in [0, 0.05) is 38.8 Å². The third-order valence-electron chi connectivity index (χ3n) is 7.06. The summed E-state index contributed by atoms with van der Waals surface area (Å²) >= 11 is 0. The second-order valence-corrected chi connectivity index (χ2v) is 9.59. The predicted octanol–water partition coefficient (Wildman–Crippen LogP) is 4.79. The third kappa shape index (κ3) is 4.96. The Morgan fingerprint density at radius 1 is 1.06 bits per heavy atom. The number of methoxy groups -OCH3 is 1. The second-order valence-electron chi connectivity index (χ2n) is 9.59. The summed E-state index contributed by atoms with van der Waals surface area (Å²) in [4.78, 5) is 15.4. The molecule has 0 spiro atoms. The van der Waals surface area contributed by atoms with Crippen molar-refractivity contribution in [3.8, 4) is 11.5 Å². The molecule has 0 radical (unpaired) electrons. The molecule has 1 fully saturated rings. The summed E-state index contributed by atoms with van der Waals surface area (Å²) in [5.41, 5.74) is 3.28. The van der Waals surface area contributed by atoms with Crippen LogP contribution in [-0.4, -0.2) is 46.9 Å². The Kier molecular flexibility index (Phi) is 7.13. The summed E-state index contributed by atoms with van der Waals surface area (Å²) in [7, 11) is 3.55. The number of para-hydroxylation sites is 2. The number of aryl methyl sites for hydroxylation is 2. The van der Waals surface area contributed by atoms with Crippen molar-refractivity contribution in [2.45, 2.75) is 52.2 Å². The van der Waals surface area contributed by atoms with Crippen LogP contribution in [0.1, 0.15) is 44.7 Å². The molecular formula is C27H37N3O3. The van der Waals surface area contributed by atoms with Crippen LogP contribution in [0.25, 0.3) is 11.0 Å². The lowest BCUT2D eigenvalue weighted by Crippen LogP contribution is -2.39. The van der Waals surface area contributed by atoms with Crippen molar-refractivity contribution in [3.63, 3.8) is 0 Å². The monoisotopic (exact) mass is 451 g/mol. The van der Waals surface area contributed by atoms with Crippen molar-refractivity contribution in [1.82, 2.24) is 14.0 Å². The molecule has 0 saturated carbocycles. The average Bonchev–Trinajstić information content (AvgIpc) is 3.08. The van der Waals surface area contributed by atoms with Gasteiger partial charge in [-0.25, -0.2) is 4.79 Å². The minimum Gasteiger partial charge on any atom is -0.497 e. The number of aromatic nitrogens is 2. The molecule has 1 aliphatic heterocycles. The largest absolute Gasteiger partial charge is 0.497 e. The number of nitrogens with zero attached hydrogens (tertiary/aromatic N) is 3. The number of likely N-dealkylation sites (tertiary alicyclic amines) is 1. The molecule has 4 rings (SSSR count). The second kappa shape index (κ2) is 10.0. The first-order valence-electron chi connectivity index (χ1n) is 12.1. The highest BCUT2D eigenvalue weighted by Gasteiger charge is 2.26. The fourth-order valence-electron chi connectivity index (χ4n) is 4.91. The molecule has 3 aromatic rings. The molecule has 6 heteroatoms. The first kappa shape index (κ1) is 23.4. The van der Waals surface area contributed by atoms with Gasteiger partial charge in [-0.1, -0.05) is 32.0 Å². The fourth-order valence-corrected chi connectivity index (χ4v) is 4.91. The Morgan fingerprint density at radius 2 is 1.76 bits per heavy atom. The standard InChI is InChI=1S/C27H37N3O3/c1-19(2)25(33-26-18-22(32-5)11-10-20(26)3)14-17-29-15-12-21(13-16-29)30-24-9-7-6-8-23(24)28(4)27(30)31/h6-11,18-19,21,25H,12-17H2,1-5H3. The van der Waals surface area contributed by atoms with Crippen LogP contribution in [0.5, 0.6) is 11.5 Å². The van der Waals surface area contributed by atoms with E-state index in [0.717, 1.165) is 67.0 Å². The third-order valence-corrected chi connectivity index (χ3v) is 7.06. The maximum Gasteiger partial charge on any atom is 0.329 e. The molecule has 1 unspecified atom stereocenters. The normalized spacial score (nSPS) is 16.4. The first-order valence-corrected chi connectivity index (χ1v) is 12.1. The number of fused-ring (bicyclic) bond motifs is 1. The molecule has 0 aliphatic carbocycles. The zero-order valence-corrected chi connectivity index (χ0v) is 20.6. The van der Waals surface area contributed by atoms with Gasteiger partial charge in [-0.05, 0) is 55.9 Å². The molecule has 33 heavy (non-hydrogen) atoms. The molecule has 1 saturated heterocycles. The summed E-state index contributed by atoms with van der Waals surface area (Å²) < 4.78 is 15.6. The fraction of sp³-hybridized carbons (Fsp3) is 0.519. The molecule has 1 aromatic heterocycles. The van der Waals surface area contributed by atoms with Gasteiger partial charge in [-0.3, -0.25) is 9.13 Å². The quantitative estimate of drug-likeness (QED) is 0.494. The van der Waals surface area contributed by atoms with Gasteiger partial charge >= 0.3 is 5.69 Å². The van der Waals surface area contributed by atoms with Crippen molar-refractivity contribution in [3.05, 3.63) is 58.5 Å². The van der Waals surface area contributed by atoms with Crippen molar-refractivity contribution >= 4 is 11.0 Å². The number of hydrogen-bond acceptors (Lipinski definition) is 4. The molecule has 2 heterocycles. The topological polar surface area (TPSA) is 48.6 Å². The van der Waals surface area contributed by atoms with Crippen LogP contribution in [-0.2, 0) is 7.05 Å². The van der Waals surface area contributed by atoms with Crippen molar-refractivity contribution in [1.29, 1.82) is 0 Å². The highest BCUT2D eigenvalue weighted by molar-refractivity contribution is 5.76. The average molecular weight is 452 g/mol.